The molecule has 0 saturated carbocycles. The van der Waals surface area contributed by atoms with Crippen molar-refractivity contribution in [3.63, 3.8) is 0 Å². The Balaban J connectivity index is 1.96. The Morgan fingerprint density at radius 3 is 2.59 bits per heavy atom. The summed E-state index contributed by atoms with van der Waals surface area (Å²) in [5, 5.41) is 0. The van der Waals surface area contributed by atoms with Gasteiger partial charge in [0.25, 0.3) is 5.91 Å². The molecule has 0 aliphatic carbocycles. The van der Waals surface area contributed by atoms with Gasteiger partial charge in [-0.25, -0.2) is 4.79 Å². The molecule has 0 bridgehead atoms. The number of esters is 1. The number of rotatable bonds is 4. The molecule has 1 aliphatic heterocycles. The van der Waals surface area contributed by atoms with Crippen LogP contribution in [0, 0.1) is 0 Å². The second-order valence-corrected chi connectivity index (χ2v) is 5.05. The summed E-state index contributed by atoms with van der Waals surface area (Å²) in [6.07, 6.45) is 2.07. The van der Waals surface area contributed by atoms with Crippen molar-refractivity contribution in [2.45, 2.75) is 13.0 Å². The van der Waals surface area contributed by atoms with Gasteiger partial charge in [-0.15, -0.1) is 0 Å². The van der Waals surface area contributed by atoms with Crippen LogP contribution in [-0.4, -0.2) is 50.2 Å². The first-order chi connectivity index (χ1) is 10.5. The highest BCUT2D eigenvalue weighted by molar-refractivity contribution is 5.90. The minimum absolute atomic E-state index is 0.263. The molecule has 1 atom stereocenters. The van der Waals surface area contributed by atoms with Crippen LogP contribution in [-0.2, 0) is 14.3 Å². The summed E-state index contributed by atoms with van der Waals surface area (Å²) in [6.45, 7) is 2.58. The first kappa shape index (κ1) is 15.9. The van der Waals surface area contributed by atoms with Crippen molar-refractivity contribution < 1.29 is 23.8 Å². The Morgan fingerprint density at radius 1 is 1.23 bits per heavy atom. The number of carbonyl (C=O) groups is 2. The SMILES string of the molecule is C[C@H](OC(=O)/C=C/c1ccc2c(c1)OCCO2)C(=O)N(C)C. The van der Waals surface area contributed by atoms with Crippen LogP contribution >= 0.6 is 0 Å². The van der Waals surface area contributed by atoms with Crippen molar-refractivity contribution >= 4 is 18.0 Å². The fraction of sp³-hybridized carbons (Fsp3) is 0.375. The highest BCUT2D eigenvalue weighted by Crippen LogP contribution is 2.31. The number of amides is 1. The Kier molecular flexibility index (Phi) is 5.04. The van der Waals surface area contributed by atoms with E-state index in [1.165, 1.54) is 17.9 Å². The average molecular weight is 305 g/mol. The first-order valence-corrected chi connectivity index (χ1v) is 6.97. The first-order valence-electron chi connectivity index (χ1n) is 6.97. The zero-order chi connectivity index (χ0) is 16.1. The lowest BCUT2D eigenvalue weighted by atomic mass is 10.2. The summed E-state index contributed by atoms with van der Waals surface area (Å²) in [5.41, 5.74) is 0.785. The van der Waals surface area contributed by atoms with E-state index in [4.69, 9.17) is 14.2 Å². The monoisotopic (exact) mass is 305 g/mol. The van der Waals surface area contributed by atoms with E-state index in [9.17, 15) is 9.59 Å². The second-order valence-electron chi connectivity index (χ2n) is 5.05. The lowest BCUT2D eigenvalue weighted by molar-refractivity contribution is -0.153. The predicted molar refractivity (Wildman–Crippen MR) is 80.7 cm³/mol. The molecule has 118 valence electrons. The standard InChI is InChI=1S/C16H19NO5/c1-11(16(19)17(2)3)22-15(18)7-5-12-4-6-13-14(10-12)21-9-8-20-13/h4-7,10-11H,8-9H2,1-3H3/b7-5+/t11-/m0/s1. The van der Waals surface area contributed by atoms with Crippen molar-refractivity contribution in [1.82, 2.24) is 4.90 Å². The summed E-state index contributed by atoms with van der Waals surface area (Å²) >= 11 is 0. The van der Waals surface area contributed by atoms with Gasteiger partial charge in [0, 0.05) is 20.2 Å². The fourth-order valence-corrected chi connectivity index (χ4v) is 1.96. The zero-order valence-corrected chi connectivity index (χ0v) is 12.9. The number of ether oxygens (including phenoxy) is 3. The van der Waals surface area contributed by atoms with E-state index in [1.807, 2.05) is 6.07 Å². The topological polar surface area (TPSA) is 65.1 Å². The van der Waals surface area contributed by atoms with Gasteiger partial charge in [-0.2, -0.15) is 0 Å². The van der Waals surface area contributed by atoms with E-state index in [0.29, 0.717) is 24.7 Å². The normalized spacial score (nSPS) is 14.5. The predicted octanol–water partition coefficient (Wildman–Crippen LogP) is 1.49. The molecule has 1 aromatic rings. The molecule has 1 amide bonds. The van der Waals surface area contributed by atoms with Gasteiger partial charge >= 0.3 is 5.97 Å². The van der Waals surface area contributed by atoms with Gasteiger partial charge in [-0.1, -0.05) is 6.07 Å². The van der Waals surface area contributed by atoms with E-state index in [2.05, 4.69) is 0 Å². The van der Waals surface area contributed by atoms with Crippen LogP contribution in [0.5, 0.6) is 11.5 Å². The molecule has 2 rings (SSSR count). The minimum atomic E-state index is -0.813. The third-order valence-corrected chi connectivity index (χ3v) is 3.06. The molecular weight excluding hydrogens is 286 g/mol. The molecule has 0 spiro atoms. The Morgan fingerprint density at radius 2 is 1.91 bits per heavy atom. The average Bonchev–Trinajstić information content (AvgIpc) is 2.51. The lowest BCUT2D eigenvalue weighted by Crippen LogP contribution is -2.34. The molecule has 6 heteroatoms. The zero-order valence-electron chi connectivity index (χ0n) is 12.9. The third kappa shape index (κ3) is 4.00. The maximum Gasteiger partial charge on any atom is 0.331 e. The minimum Gasteiger partial charge on any atom is -0.486 e. The van der Waals surface area contributed by atoms with Gasteiger partial charge in [0.05, 0.1) is 0 Å². The van der Waals surface area contributed by atoms with Crippen LogP contribution in [0.2, 0.25) is 0 Å². The van der Waals surface area contributed by atoms with Gasteiger partial charge in [0.2, 0.25) is 0 Å². The van der Waals surface area contributed by atoms with Crippen LogP contribution in [0.4, 0.5) is 0 Å². The molecular formula is C16H19NO5. The van der Waals surface area contributed by atoms with Crippen LogP contribution < -0.4 is 9.47 Å². The Labute approximate surface area is 129 Å². The summed E-state index contributed by atoms with van der Waals surface area (Å²) in [4.78, 5) is 24.7. The molecule has 0 radical (unpaired) electrons. The highest BCUT2D eigenvalue weighted by atomic mass is 16.6. The number of likely N-dealkylation sites (N-methyl/N-ethyl adjacent to an activating group) is 1. The summed E-state index contributed by atoms with van der Waals surface area (Å²) in [5.74, 6) is 0.507. The second kappa shape index (κ2) is 6.98. The van der Waals surface area contributed by atoms with E-state index < -0.39 is 12.1 Å². The fourth-order valence-electron chi connectivity index (χ4n) is 1.96. The van der Waals surface area contributed by atoms with E-state index in [1.54, 1.807) is 32.3 Å². The quantitative estimate of drug-likeness (QED) is 0.623. The van der Waals surface area contributed by atoms with Crippen LogP contribution in [0.1, 0.15) is 12.5 Å². The maximum atomic E-state index is 11.7. The molecule has 22 heavy (non-hydrogen) atoms. The highest BCUT2D eigenvalue weighted by Gasteiger charge is 2.18. The number of nitrogens with zero attached hydrogens (tertiary/aromatic N) is 1. The maximum absolute atomic E-state index is 11.7. The van der Waals surface area contributed by atoms with Crippen LogP contribution in [0.15, 0.2) is 24.3 Å². The summed E-state index contributed by atoms with van der Waals surface area (Å²) in [7, 11) is 3.22. The number of hydrogen-bond acceptors (Lipinski definition) is 5. The van der Waals surface area contributed by atoms with Crippen molar-refractivity contribution in [3.05, 3.63) is 29.8 Å². The van der Waals surface area contributed by atoms with E-state index in [-0.39, 0.29) is 5.91 Å². The number of fused-ring (bicyclic) bond motifs is 1. The van der Waals surface area contributed by atoms with E-state index >= 15 is 0 Å². The van der Waals surface area contributed by atoms with Gasteiger partial charge in [0.15, 0.2) is 17.6 Å². The molecule has 6 nitrogen and oxygen atoms in total. The van der Waals surface area contributed by atoms with Gasteiger partial charge in [-0.3, -0.25) is 4.79 Å². The molecule has 0 unspecified atom stereocenters. The third-order valence-electron chi connectivity index (χ3n) is 3.06. The number of benzene rings is 1. The van der Waals surface area contributed by atoms with Crippen molar-refractivity contribution in [2.24, 2.45) is 0 Å². The lowest BCUT2D eigenvalue weighted by Gasteiger charge is -2.18. The molecule has 1 aliphatic rings. The van der Waals surface area contributed by atoms with Crippen LogP contribution in [0.25, 0.3) is 6.08 Å². The van der Waals surface area contributed by atoms with Gasteiger partial charge in [-0.05, 0) is 30.7 Å². The Hall–Kier alpha value is -2.50. The molecule has 0 aromatic heterocycles. The molecule has 0 fully saturated rings. The van der Waals surface area contributed by atoms with Crippen LogP contribution in [0.3, 0.4) is 0 Å². The smallest absolute Gasteiger partial charge is 0.331 e. The Bertz CT molecular complexity index is 594. The largest absolute Gasteiger partial charge is 0.486 e. The number of carbonyl (C=O) groups excluding carboxylic acids is 2. The molecule has 1 heterocycles. The van der Waals surface area contributed by atoms with Crippen molar-refractivity contribution in [2.75, 3.05) is 27.3 Å². The summed E-state index contributed by atoms with van der Waals surface area (Å²) < 4.78 is 15.9. The molecule has 0 saturated heterocycles. The van der Waals surface area contributed by atoms with Crippen molar-refractivity contribution in [1.29, 1.82) is 0 Å². The summed E-state index contributed by atoms with van der Waals surface area (Å²) in [6, 6.07) is 5.38. The molecule has 0 N–H and O–H groups in total. The molecule has 1 aromatic carbocycles. The van der Waals surface area contributed by atoms with Gasteiger partial charge < -0.3 is 19.1 Å². The van der Waals surface area contributed by atoms with Gasteiger partial charge in [0.1, 0.15) is 13.2 Å². The van der Waals surface area contributed by atoms with E-state index in [0.717, 1.165) is 5.56 Å². The van der Waals surface area contributed by atoms with Crippen molar-refractivity contribution in [3.8, 4) is 11.5 Å². The number of hydrogen-bond donors (Lipinski definition) is 0.